The smallest absolute Gasteiger partial charge is 0.292 e. The Balaban J connectivity index is 1.74. The zero-order chi connectivity index (χ0) is 18.0. The second-order valence-electron chi connectivity index (χ2n) is 5.41. The first kappa shape index (κ1) is 16.9. The molecule has 0 spiro atoms. The fraction of sp³-hybridized carbons (Fsp3) is 0.111. The molecule has 7 heteroatoms. The fourth-order valence-electron chi connectivity index (χ4n) is 2.50. The second-order valence-corrected chi connectivity index (χ2v) is 5.85. The third kappa shape index (κ3) is 3.44. The van der Waals surface area contributed by atoms with Crippen molar-refractivity contribution in [2.75, 3.05) is 7.11 Å². The van der Waals surface area contributed by atoms with E-state index in [0.717, 1.165) is 5.52 Å². The minimum absolute atomic E-state index is 0.00400. The van der Waals surface area contributed by atoms with Gasteiger partial charge in [-0.15, -0.1) is 0 Å². The quantitative estimate of drug-likeness (QED) is 0.483. The van der Waals surface area contributed by atoms with Crippen LogP contribution in [0.15, 0.2) is 42.6 Å². The third-order valence-electron chi connectivity index (χ3n) is 3.79. The van der Waals surface area contributed by atoms with Gasteiger partial charge in [-0.2, -0.15) is 0 Å². The Morgan fingerprint density at radius 3 is 2.80 bits per heavy atom. The number of aromatic amines is 1. The zero-order valence-corrected chi connectivity index (χ0v) is 14.1. The number of fused-ring (bicyclic) bond motifs is 1. The molecule has 0 bridgehead atoms. The minimum Gasteiger partial charge on any atom is -0.504 e. The van der Waals surface area contributed by atoms with E-state index in [9.17, 15) is 14.7 Å². The average molecular weight is 359 g/mol. The number of hydrogen-bond acceptors (Lipinski definition) is 4. The Kier molecular flexibility index (Phi) is 4.63. The van der Waals surface area contributed by atoms with Crippen molar-refractivity contribution < 1.29 is 19.4 Å². The molecule has 0 unspecified atom stereocenters. The highest BCUT2D eigenvalue weighted by molar-refractivity contribution is 6.45. The number of nitrogens with one attached hydrogen (secondary N) is 2. The summed E-state index contributed by atoms with van der Waals surface area (Å²) in [7, 11) is 1.43. The van der Waals surface area contributed by atoms with Gasteiger partial charge in [0.1, 0.15) is 0 Å². The lowest BCUT2D eigenvalue weighted by atomic mass is 10.1. The number of amides is 1. The van der Waals surface area contributed by atoms with E-state index >= 15 is 0 Å². The van der Waals surface area contributed by atoms with Gasteiger partial charge in [-0.25, -0.2) is 0 Å². The number of benzene rings is 2. The molecule has 0 saturated carbocycles. The van der Waals surface area contributed by atoms with Crippen molar-refractivity contribution in [3.63, 3.8) is 0 Å². The van der Waals surface area contributed by atoms with Crippen LogP contribution in [0.1, 0.15) is 15.9 Å². The number of methoxy groups -OCH3 is 1. The van der Waals surface area contributed by atoms with Gasteiger partial charge in [-0.1, -0.05) is 17.7 Å². The Morgan fingerprint density at radius 2 is 2.04 bits per heavy atom. The van der Waals surface area contributed by atoms with Gasteiger partial charge in [-0.05, 0) is 35.9 Å². The molecule has 0 saturated heterocycles. The van der Waals surface area contributed by atoms with Crippen LogP contribution in [0.3, 0.4) is 0 Å². The Bertz CT molecular complexity index is 965. The Hall–Kier alpha value is -2.99. The zero-order valence-electron chi connectivity index (χ0n) is 13.3. The van der Waals surface area contributed by atoms with Crippen LogP contribution >= 0.6 is 11.6 Å². The molecule has 0 aliphatic rings. The average Bonchev–Trinajstić information content (AvgIpc) is 3.03. The SMILES string of the molecule is COc1cc(CNC(=O)C(=O)c2c[nH]c3ccc(Cl)cc23)ccc1O. The Labute approximate surface area is 148 Å². The number of carbonyl (C=O) groups is 2. The maximum Gasteiger partial charge on any atom is 0.292 e. The molecule has 6 nitrogen and oxygen atoms in total. The summed E-state index contributed by atoms with van der Waals surface area (Å²) in [6.07, 6.45) is 1.49. The number of rotatable bonds is 5. The van der Waals surface area contributed by atoms with Gasteiger partial charge in [0.05, 0.1) is 12.7 Å². The van der Waals surface area contributed by atoms with Crippen LogP contribution in [0.4, 0.5) is 0 Å². The van der Waals surface area contributed by atoms with Gasteiger partial charge >= 0.3 is 0 Å². The van der Waals surface area contributed by atoms with Crippen molar-refractivity contribution in [2.24, 2.45) is 0 Å². The molecule has 128 valence electrons. The lowest BCUT2D eigenvalue weighted by Gasteiger charge is -2.08. The van der Waals surface area contributed by atoms with Crippen molar-refractivity contribution in [3.8, 4) is 11.5 Å². The summed E-state index contributed by atoms with van der Waals surface area (Å²) < 4.78 is 5.01. The van der Waals surface area contributed by atoms with Crippen molar-refractivity contribution >= 4 is 34.2 Å². The highest BCUT2D eigenvalue weighted by atomic mass is 35.5. The van der Waals surface area contributed by atoms with E-state index in [0.29, 0.717) is 21.7 Å². The van der Waals surface area contributed by atoms with Crippen LogP contribution in [0.25, 0.3) is 10.9 Å². The normalized spacial score (nSPS) is 10.6. The maximum absolute atomic E-state index is 12.4. The number of phenols is 1. The number of hydrogen-bond donors (Lipinski definition) is 3. The number of aromatic hydroxyl groups is 1. The predicted octanol–water partition coefficient (Wildman–Crippen LogP) is 3.03. The lowest BCUT2D eigenvalue weighted by Crippen LogP contribution is -2.30. The van der Waals surface area contributed by atoms with E-state index in [4.69, 9.17) is 16.3 Å². The molecule has 0 fully saturated rings. The van der Waals surface area contributed by atoms with E-state index in [2.05, 4.69) is 10.3 Å². The Morgan fingerprint density at radius 1 is 1.24 bits per heavy atom. The summed E-state index contributed by atoms with van der Waals surface area (Å²) in [5.41, 5.74) is 1.68. The lowest BCUT2D eigenvalue weighted by molar-refractivity contribution is -0.117. The number of Topliss-reactive ketones (excluding diaryl/α,β-unsaturated/α-hetero) is 1. The molecule has 1 heterocycles. The number of ether oxygens (including phenoxy) is 1. The van der Waals surface area contributed by atoms with Crippen LogP contribution < -0.4 is 10.1 Å². The maximum atomic E-state index is 12.4. The van der Waals surface area contributed by atoms with Gasteiger partial charge in [0.15, 0.2) is 11.5 Å². The number of H-pyrrole nitrogens is 1. The van der Waals surface area contributed by atoms with Crippen LogP contribution in [0.2, 0.25) is 5.02 Å². The van der Waals surface area contributed by atoms with Gasteiger partial charge in [0, 0.05) is 28.7 Å². The molecule has 3 rings (SSSR count). The number of halogens is 1. The minimum atomic E-state index is -0.729. The summed E-state index contributed by atoms with van der Waals surface area (Å²) in [4.78, 5) is 27.5. The first-order valence-corrected chi connectivity index (χ1v) is 7.82. The van der Waals surface area contributed by atoms with Crippen LogP contribution in [-0.2, 0) is 11.3 Å². The highest BCUT2D eigenvalue weighted by Gasteiger charge is 2.20. The van der Waals surface area contributed by atoms with Gasteiger partial charge in [0.25, 0.3) is 11.7 Å². The molecule has 2 aromatic carbocycles. The standard InChI is InChI=1S/C18H15ClN2O4/c1-25-16-6-10(2-5-15(16)22)8-21-18(24)17(23)13-9-20-14-4-3-11(19)7-12(13)14/h2-7,9,20,22H,8H2,1H3,(H,21,24). The summed E-state index contributed by atoms with van der Waals surface area (Å²) in [6.45, 7) is 0.129. The molecule has 0 radical (unpaired) electrons. The first-order chi connectivity index (χ1) is 12.0. The second kappa shape index (κ2) is 6.86. The highest BCUT2D eigenvalue weighted by Crippen LogP contribution is 2.26. The van der Waals surface area contributed by atoms with E-state index in [1.54, 1.807) is 30.3 Å². The topological polar surface area (TPSA) is 91.4 Å². The molecule has 3 aromatic rings. The molecule has 3 N–H and O–H groups in total. The third-order valence-corrected chi connectivity index (χ3v) is 4.03. The van der Waals surface area contributed by atoms with Crippen molar-refractivity contribution in [2.45, 2.75) is 6.54 Å². The van der Waals surface area contributed by atoms with Crippen molar-refractivity contribution in [1.82, 2.24) is 10.3 Å². The summed E-state index contributed by atoms with van der Waals surface area (Å²) >= 11 is 5.96. The van der Waals surface area contributed by atoms with Crippen LogP contribution in [-0.4, -0.2) is 28.9 Å². The largest absolute Gasteiger partial charge is 0.504 e. The monoisotopic (exact) mass is 358 g/mol. The van der Waals surface area contributed by atoms with Crippen molar-refractivity contribution in [3.05, 3.63) is 58.7 Å². The molecular formula is C18H15ClN2O4. The predicted molar refractivity (Wildman–Crippen MR) is 94.1 cm³/mol. The molecule has 1 aromatic heterocycles. The number of carbonyl (C=O) groups excluding carboxylic acids is 2. The van der Waals surface area contributed by atoms with Gasteiger partial charge < -0.3 is 20.1 Å². The van der Waals surface area contributed by atoms with Gasteiger partial charge in [0.2, 0.25) is 0 Å². The summed E-state index contributed by atoms with van der Waals surface area (Å²) in [5.74, 6) is -1.08. The van der Waals surface area contributed by atoms with E-state index < -0.39 is 11.7 Å². The van der Waals surface area contributed by atoms with E-state index in [-0.39, 0.29) is 17.9 Å². The molecule has 25 heavy (non-hydrogen) atoms. The van der Waals surface area contributed by atoms with E-state index in [1.165, 1.54) is 19.4 Å². The fourth-order valence-corrected chi connectivity index (χ4v) is 2.67. The number of phenolic OH excluding ortho intramolecular Hbond substituents is 1. The number of ketones is 1. The molecule has 0 atom stereocenters. The van der Waals surface area contributed by atoms with Gasteiger partial charge in [-0.3, -0.25) is 9.59 Å². The summed E-state index contributed by atoms with van der Waals surface area (Å²) in [6, 6.07) is 9.77. The molecule has 0 aliphatic heterocycles. The number of aromatic nitrogens is 1. The molecular weight excluding hydrogens is 344 g/mol. The summed E-state index contributed by atoms with van der Waals surface area (Å²) in [5, 5.41) is 13.2. The van der Waals surface area contributed by atoms with E-state index in [1.807, 2.05) is 0 Å². The molecule has 1 amide bonds. The first-order valence-electron chi connectivity index (χ1n) is 7.44. The molecule has 0 aliphatic carbocycles. The van der Waals surface area contributed by atoms with Crippen LogP contribution in [0.5, 0.6) is 11.5 Å². The van der Waals surface area contributed by atoms with Crippen LogP contribution in [0, 0.1) is 0 Å². The van der Waals surface area contributed by atoms with Crippen molar-refractivity contribution in [1.29, 1.82) is 0 Å².